The number of rotatable bonds is 7. The molecule has 1 heterocycles. The van der Waals surface area contributed by atoms with Gasteiger partial charge in [-0.2, -0.15) is 0 Å². The van der Waals surface area contributed by atoms with E-state index in [4.69, 9.17) is 32.7 Å². The third kappa shape index (κ3) is 5.94. The summed E-state index contributed by atoms with van der Waals surface area (Å²) in [5.41, 5.74) is 1.49. The fourth-order valence-electron chi connectivity index (χ4n) is 3.48. The van der Waals surface area contributed by atoms with E-state index in [0.717, 1.165) is 6.26 Å². The highest BCUT2D eigenvalue weighted by atomic mass is 35.5. The van der Waals surface area contributed by atoms with Crippen LogP contribution < -0.4 is 19.1 Å². The number of nitrogens with zero attached hydrogens (tertiary/aromatic N) is 1. The molecule has 0 saturated heterocycles. The first kappa shape index (κ1) is 24.2. The molecule has 4 rings (SSSR count). The topological polar surface area (TPSA) is 84.9 Å². The van der Waals surface area contributed by atoms with Crippen molar-refractivity contribution in [1.82, 2.24) is 5.32 Å². The zero-order valence-electron chi connectivity index (χ0n) is 18.2. The Morgan fingerprint density at radius 3 is 2.32 bits per heavy atom. The van der Waals surface area contributed by atoms with Crippen molar-refractivity contribution in [3.05, 3.63) is 87.9 Å². The van der Waals surface area contributed by atoms with E-state index in [9.17, 15) is 13.2 Å². The average Bonchev–Trinajstić information content (AvgIpc) is 2.80. The Hall–Kier alpha value is -2.94. The summed E-state index contributed by atoms with van der Waals surface area (Å²) >= 11 is 12.1. The predicted octanol–water partition coefficient (Wildman–Crippen LogP) is 4.53. The number of ether oxygens (including phenoxy) is 2. The van der Waals surface area contributed by atoms with Crippen LogP contribution in [-0.2, 0) is 16.6 Å². The second-order valence-electron chi connectivity index (χ2n) is 7.80. The number of fused-ring (bicyclic) bond motifs is 1. The molecule has 3 aromatic carbocycles. The number of hydrogen-bond donors (Lipinski definition) is 1. The van der Waals surface area contributed by atoms with Gasteiger partial charge in [0.1, 0.15) is 12.7 Å². The Kier molecular flexibility index (Phi) is 7.21. The molecule has 0 fully saturated rings. The number of para-hydroxylation sites is 2. The molecule has 3 aromatic rings. The predicted molar refractivity (Wildman–Crippen MR) is 133 cm³/mol. The van der Waals surface area contributed by atoms with E-state index in [0.29, 0.717) is 45.0 Å². The van der Waals surface area contributed by atoms with E-state index in [2.05, 4.69) is 5.32 Å². The van der Waals surface area contributed by atoms with Crippen LogP contribution in [0, 0.1) is 0 Å². The SMILES string of the molecule is CS(=O)(=O)N(Cc1ccc(C(=O)NCC2COc3ccccc3O2)cc1)c1cc(Cl)cc(Cl)c1. The number of hydrogen-bond acceptors (Lipinski definition) is 5. The van der Waals surface area contributed by atoms with Crippen LogP contribution in [0.1, 0.15) is 15.9 Å². The lowest BCUT2D eigenvalue weighted by molar-refractivity contribution is 0.0789. The molecule has 178 valence electrons. The maximum absolute atomic E-state index is 12.6. The van der Waals surface area contributed by atoms with Crippen LogP contribution in [0.25, 0.3) is 0 Å². The van der Waals surface area contributed by atoms with Gasteiger partial charge in [-0.3, -0.25) is 9.10 Å². The molecule has 7 nitrogen and oxygen atoms in total. The molecule has 0 spiro atoms. The molecular weight excluding hydrogens is 499 g/mol. The smallest absolute Gasteiger partial charge is 0.251 e. The van der Waals surface area contributed by atoms with E-state index in [1.54, 1.807) is 24.3 Å². The van der Waals surface area contributed by atoms with Crippen molar-refractivity contribution in [1.29, 1.82) is 0 Å². The molecule has 1 amide bonds. The minimum absolute atomic E-state index is 0.0596. The molecular formula is C24H22Cl2N2O5S. The summed E-state index contributed by atoms with van der Waals surface area (Å²) in [7, 11) is -3.61. The maximum atomic E-state index is 12.6. The van der Waals surface area contributed by atoms with Gasteiger partial charge in [0.05, 0.1) is 25.0 Å². The summed E-state index contributed by atoms with van der Waals surface area (Å²) in [5.74, 6) is 1.06. The van der Waals surface area contributed by atoms with Gasteiger partial charge in [0.15, 0.2) is 11.5 Å². The number of sulfonamides is 1. The average molecular weight is 521 g/mol. The van der Waals surface area contributed by atoms with E-state index in [1.165, 1.54) is 22.5 Å². The molecule has 34 heavy (non-hydrogen) atoms. The van der Waals surface area contributed by atoms with Crippen LogP contribution in [0.15, 0.2) is 66.7 Å². The standard InChI is InChI=1S/C24H22Cl2N2O5S/c1-34(30,31)28(20-11-18(25)10-19(26)12-20)14-16-6-8-17(9-7-16)24(29)27-13-21-15-32-22-4-2-3-5-23(22)33-21/h2-12,21H,13-15H2,1H3,(H,27,29). The number of carbonyl (C=O) groups excluding carboxylic acids is 1. The van der Waals surface area contributed by atoms with Gasteiger partial charge in [0.2, 0.25) is 10.0 Å². The largest absolute Gasteiger partial charge is 0.486 e. The number of carbonyl (C=O) groups is 1. The molecule has 0 radical (unpaired) electrons. The molecule has 1 N–H and O–H groups in total. The first-order valence-electron chi connectivity index (χ1n) is 10.4. The Morgan fingerprint density at radius 2 is 1.68 bits per heavy atom. The van der Waals surface area contributed by atoms with Crippen LogP contribution in [0.3, 0.4) is 0 Å². The summed E-state index contributed by atoms with van der Waals surface area (Å²) in [6.07, 6.45) is 0.810. The summed E-state index contributed by atoms with van der Waals surface area (Å²) in [6, 6.07) is 18.7. The molecule has 10 heteroatoms. The summed E-state index contributed by atoms with van der Waals surface area (Å²) in [6.45, 7) is 0.682. The molecule has 0 aliphatic carbocycles. The van der Waals surface area contributed by atoms with Crippen molar-refractivity contribution < 1.29 is 22.7 Å². The summed E-state index contributed by atoms with van der Waals surface area (Å²) in [4.78, 5) is 12.6. The molecule has 1 aliphatic rings. The van der Waals surface area contributed by atoms with Crippen molar-refractivity contribution >= 4 is 44.8 Å². The third-order valence-corrected chi connectivity index (χ3v) is 6.71. The highest BCUT2D eigenvalue weighted by Gasteiger charge is 2.22. The lowest BCUT2D eigenvalue weighted by atomic mass is 10.1. The van der Waals surface area contributed by atoms with Crippen LogP contribution in [0.2, 0.25) is 10.0 Å². The van der Waals surface area contributed by atoms with Gasteiger partial charge in [-0.25, -0.2) is 8.42 Å². The van der Waals surface area contributed by atoms with Crippen LogP contribution in [0.4, 0.5) is 5.69 Å². The zero-order chi connectivity index (χ0) is 24.3. The second kappa shape index (κ2) is 10.1. The molecule has 1 unspecified atom stereocenters. The van der Waals surface area contributed by atoms with Crippen LogP contribution >= 0.6 is 23.2 Å². The maximum Gasteiger partial charge on any atom is 0.251 e. The summed E-state index contributed by atoms with van der Waals surface area (Å²) < 4.78 is 37.5. The van der Waals surface area contributed by atoms with E-state index in [1.807, 2.05) is 24.3 Å². The Bertz CT molecular complexity index is 1280. The van der Waals surface area contributed by atoms with E-state index < -0.39 is 10.0 Å². The van der Waals surface area contributed by atoms with Crippen molar-refractivity contribution in [2.75, 3.05) is 23.7 Å². The van der Waals surface area contributed by atoms with Gasteiger partial charge >= 0.3 is 0 Å². The number of nitrogens with one attached hydrogen (secondary N) is 1. The van der Waals surface area contributed by atoms with Gasteiger partial charge < -0.3 is 14.8 Å². The minimum atomic E-state index is -3.61. The molecule has 0 aromatic heterocycles. The summed E-state index contributed by atoms with van der Waals surface area (Å²) in [5, 5.41) is 3.51. The first-order valence-corrected chi connectivity index (χ1v) is 13.0. The Balaban J connectivity index is 1.39. The number of halogens is 2. The van der Waals surface area contributed by atoms with E-state index >= 15 is 0 Å². The monoisotopic (exact) mass is 520 g/mol. The van der Waals surface area contributed by atoms with Crippen LogP contribution in [0.5, 0.6) is 11.5 Å². The van der Waals surface area contributed by atoms with Crippen molar-refractivity contribution in [3.8, 4) is 11.5 Å². The van der Waals surface area contributed by atoms with Gasteiger partial charge in [0, 0.05) is 15.6 Å². The minimum Gasteiger partial charge on any atom is -0.486 e. The van der Waals surface area contributed by atoms with Crippen LogP contribution in [-0.4, -0.2) is 39.8 Å². The van der Waals surface area contributed by atoms with Gasteiger partial charge in [-0.1, -0.05) is 47.5 Å². The third-order valence-electron chi connectivity index (χ3n) is 5.14. The molecule has 1 aliphatic heterocycles. The van der Waals surface area contributed by atoms with Gasteiger partial charge in [-0.15, -0.1) is 0 Å². The first-order chi connectivity index (χ1) is 16.2. The van der Waals surface area contributed by atoms with Crippen molar-refractivity contribution in [3.63, 3.8) is 0 Å². The highest BCUT2D eigenvalue weighted by molar-refractivity contribution is 7.92. The Morgan fingerprint density at radius 1 is 1.03 bits per heavy atom. The lowest BCUT2D eigenvalue weighted by Crippen LogP contribution is -2.40. The van der Waals surface area contributed by atoms with Crippen molar-refractivity contribution in [2.24, 2.45) is 0 Å². The number of benzene rings is 3. The zero-order valence-corrected chi connectivity index (χ0v) is 20.5. The van der Waals surface area contributed by atoms with Gasteiger partial charge in [0.25, 0.3) is 5.91 Å². The fourth-order valence-corrected chi connectivity index (χ4v) is 4.87. The number of anilines is 1. The molecule has 1 atom stereocenters. The second-order valence-corrected chi connectivity index (χ2v) is 10.6. The fraction of sp³-hybridized carbons (Fsp3) is 0.208. The molecule has 0 bridgehead atoms. The van der Waals surface area contributed by atoms with Crippen molar-refractivity contribution in [2.45, 2.75) is 12.6 Å². The quantitative estimate of drug-likeness (QED) is 0.494. The lowest BCUT2D eigenvalue weighted by Gasteiger charge is -2.26. The molecule has 0 saturated carbocycles. The van der Waals surface area contributed by atoms with E-state index in [-0.39, 0.29) is 25.1 Å². The number of amides is 1. The highest BCUT2D eigenvalue weighted by Crippen LogP contribution is 2.31. The Labute approximate surface area is 208 Å². The van der Waals surface area contributed by atoms with Gasteiger partial charge in [-0.05, 0) is 48.0 Å². The normalized spacial score (nSPS) is 15.0.